The number of rotatable bonds is 10. The summed E-state index contributed by atoms with van der Waals surface area (Å²) in [4.78, 5) is 7.48. The number of nitrogens with zero attached hydrogens (tertiary/aromatic N) is 3. The predicted molar refractivity (Wildman–Crippen MR) is 383 cm³/mol. The van der Waals surface area contributed by atoms with Gasteiger partial charge in [-0.1, -0.05) is 243 Å². The fourth-order valence-corrected chi connectivity index (χ4v) is 12.7. The highest BCUT2D eigenvalue weighted by molar-refractivity contribution is 6.11. The highest BCUT2D eigenvalue weighted by atomic mass is 16.3. The minimum Gasteiger partial charge on any atom is -0.460 e. The Balaban J connectivity index is 1.32. The molecule has 0 spiro atoms. The summed E-state index contributed by atoms with van der Waals surface area (Å²) in [6.45, 7) is 43.3. The molecule has 0 unspecified atom stereocenters. The molecule has 5 heteroatoms. The maximum absolute atomic E-state index is 7.28. The molecule has 5 nitrogen and oxygen atoms in total. The molecule has 2 aromatic heterocycles. The van der Waals surface area contributed by atoms with Gasteiger partial charge >= 0.3 is 0 Å². The molecular formula is C84H91N3O2. The summed E-state index contributed by atoms with van der Waals surface area (Å²) in [6.07, 6.45) is 0. The van der Waals surface area contributed by atoms with Gasteiger partial charge < -0.3 is 23.5 Å². The van der Waals surface area contributed by atoms with Crippen molar-refractivity contribution in [3.63, 3.8) is 0 Å². The topological polar surface area (TPSA) is 36.0 Å². The normalized spacial score (nSPS) is 12.4. The van der Waals surface area contributed by atoms with Crippen LogP contribution in [0.2, 0.25) is 0 Å². The number of para-hydroxylation sites is 4. The van der Waals surface area contributed by atoms with E-state index >= 15 is 0 Å². The van der Waals surface area contributed by atoms with E-state index in [1.165, 1.54) is 27.8 Å². The molecule has 11 aromatic rings. The van der Waals surface area contributed by atoms with Crippen molar-refractivity contribution in [2.24, 2.45) is 0 Å². The van der Waals surface area contributed by atoms with Crippen LogP contribution in [0.25, 0.3) is 44.0 Å². The first-order valence-electron chi connectivity index (χ1n) is 31.8. The lowest BCUT2D eigenvalue weighted by atomic mass is 9.85. The van der Waals surface area contributed by atoms with E-state index in [1.54, 1.807) is 0 Å². The Bertz CT molecular complexity index is 4500. The second-order valence-corrected chi connectivity index (χ2v) is 29.7. The highest BCUT2D eigenvalue weighted by Gasteiger charge is 2.31. The first-order chi connectivity index (χ1) is 42.0. The summed E-state index contributed by atoms with van der Waals surface area (Å²) in [5, 5.41) is 3.14. The number of aryl methyl sites for hydroxylation is 3. The first-order valence-corrected chi connectivity index (χ1v) is 31.8. The molecule has 0 aliphatic rings. The summed E-state index contributed by atoms with van der Waals surface area (Å²) in [5.74, 6) is 0.874. The third-order valence-corrected chi connectivity index (χ3v) is 17.9. The van der Waals surface area contributed by atoms with Gasteiger partial charge in [-0.2, -0.15) is 0 Å². The van der Waals surface area contributed by atoms with Crippen molar-refractivity contribution in [3.8, 4) is 11.1 Å². The third kappa shape index (κ3) is 12.3. The van der Waals surface area contributed by atoms with Gasteiger partial charge in [-0.05, 0) is 166 Å². The minimum absolute atomic E-state index is 0.0523. The molecule has 0 atom stereocenters. The van der Waals surface area contributed by atoms with Crippen LogP contribution < -0.4 is 14.7 Å². The molecule has 9 aromatic carbocycles. The van der Waals surface area contributed by atoms with E-state index in [0.29, 0.717) is 0 Å². The van der Waals surface area contributed by atoms with Gasteiger partial charge in [0.15, 0.2) is 5.58 Å². The molecule has 454 valence electrons. The van der Waals surface area contributed by atoms with Gasteiger partial charge in [0, 0.05) is 50.0 Å². The molecule has 0 N–H and O–H groups in total. The molecule has 11 rings (SSSR count). The SMILES string of the molecule is Cc1cc(C(C)(C)C)ccc1N(c1ccc(C(C)(C)C)cc1)c1cc(N(c2ccc(C(C)(C)C)cc2)c2cccc3c2oc2ccccc23)cc(N(c2ccc(C(C)(C)C)cc2C)c2ccccc2-c2cccc3ccccc(C(C)(C)C)c(C)oc23)c1C. The lowest BCUT2D eigenvalue weighted by Crippen LogP contribution is -2.20. The van der Waals surface area contributed by atoms with E-state index in [-0.39, 0.29) is 27.1 Å². The van der Waals surface area contributed by atoms with E-state index in [2.05, 4.69) is 353 Å². The second-order valence-electron chi connectivity index (χ2n) is 29.7. The van der Waals surface area contributed by atoms with Crippen LogP contribution in [-0.2, 0) is 27.1 Å². The van der Waals surface area contributed by atoms with Crippen LogP contribution in [-0.4, -0.2) is 0 Å². The van der Waals surface area contributed by atoms with Crippen LogP contribution in [0.3, 0.4) is 0 Å². The van der Waals surface area contributed by atoms with E-state index in [0.717, 1.165) is 118 Å². The fraction of sp³-hybridized carbons (Fsp3) is 0.286. The molecule has 0 aliphatic carbocycles. The van der Waals surface area contributed by atoms with Crippen LogP contribution >= 0.6 is 0 Å². The van der Waals surface area contributed by atoms with Crippen molar-refractivity contribution >= 4 is 84.1 Å². The van der Waals surface area contributed by atoms with Crippen LogP contribution in [0.15, 0.2) is 215 Å². The number of hydrogen-bond acceptors (Lipinski definition) is 5. The number of benzene rings is 9. The summed E-state index contributed by atoms with van der Waals surface area (Å²) in [7, 11) is 0. The molecule has 0 bridgehead atoms. The van der Waals surface area contributed by atoms with E-state index in [4.69, 9.17) is 8.83 Å². The van der Waals surface area contributed by atoms with Gasteiger partial charge in [0.05, 0.1) is 28.4 Å². The number of fused-ring (bicyclic) bond motifs is 4. The van der Waals surface area contributed by atoms with Crippen molar-refractivity contribution in [2.45, 2.75) is 159 Å². The molecule has 2 heterocycles. The lowest BCUT2D eigenvalue weighted by Gasteiger charge is -2.37. The average molecular weight is 1170 g/mol. The van der Waals surface area contributed by atoms with Crippen molar-refractivity contribution in [3.05, 3.63) is 257 Å². The standard InChI is InChI=1S/C84H91N3O2/c1-54-50-61(82(11,12)13)42-48-71(54)86(64-46-40-60(41-47-64)81(8,9)10)75-52-65(85(63-44-38-59(39-45-63)80(5,6)7)74-36-27-33-69-67-31-22-25-37-77(67)89-79(69)74)53-76(56(75)3)87(72-49-43-62(51-55(72)2)83(14,15)16)73-35-24-21-30-66(73)68-32-26-29-58-28-20-23-34-70(84(17,18)19)57(4)88-78(58)68/h20-53H,1-19H3. The van der Waals surface area contributed by atoms with E-state index in [1.807, 2.05) is 0 Å². The molecule has 0 radical (unpaired) electrons. The van der Waals surface area contributed by atoms with E-state index < -0.39 is 0 Å². The Labute approximate surface area is 531 Å². The quantitative estimate of drug-likeness (QED) is 0.136. The maximum Gasteiger partial charge on any atom is 0.159 e. The van der Waals surface area contributed by atoms with Crippen LogP contribution in [0.4, 0.5) is 51.2 Å². The zero-order valence-corrected chi connectivity index (χ0v) is 56.3. The fourth-order valence-electron chi connectivity index (χ4n) is 12.7. The van der Waals surface area contributed by atoms with Gasteiger partial charge in [-0.15, -0.1) is 0 Å². The Kier molecular flexibility index (Phi) is 16.2. The van der Waals surface area contributed by atoms with Gasteiger partial charge in [0.25, 0.3) is 0 Å². The summed E-state index contributed by atoms with van der Waals surface area (Å²) >= 11 is 0. The molecular weight excluding hydrogens is 1080 g/mol. The zero-order valence-electron chi connectivity index (χ0n) is 56.3. The smallest absolute Gasteiger partial charge is 0.159 e. The highest BCUT2D eigenvalue weighted by Crippen LogP contribution is 2.53. The van der Waals surface area contributed by atoms with Crippen LogP contribution in [0, 0.1) is 27.7 Å². The van der Waals surface area contributed by atoms with Crippen molar-refractivity contribution in [2.75, 3.05) is 14.7 Å². The Morgan fingerprint density at radius 2 is 0.742 bits per heavy atom. The van der Waals surface area contributed by atoms with Crippen molar-refractivity contribution in [1.29, 1.82) is 0 Å². The molecule has 89 heavy (non-hydrogen) atoms. The van der Waals surface area contributed by atoms with Gasteiger partial charge in [0.2, 0.25) is 0 Å². The molecule has 0 saturated carbocycles. The summed E-state index contributed by atoms with van der Waals surface area (Å²) < 4.78 is 14.3. The number of anilines is 9. The monoisotopic (exact) mass is 1170 g/mol. The Morgan fingerprint density at radius 3 is 1.31 bits per heavy atom. The number of hydrogen-bond donors (Lipinski definition) is 0. The average Bonchev–Trinajstić information content (AvgIpc) is 1.64. The summed E-state index contributed by atoms with van der Waals surface area (Å²) in [6, 6.07) is 76.6. The summed E-state index contributed by atoms with van der Waals surface area (Å²) in [5.41, 5.74) is 22.9. The largest absolute Gasteiger partial charge is 0.460 e. The van der Waals surface area contributed by atoms with Crippen LogP contribution in [0.1, 0.15) is 154 Å². The van der Waals surface area contributed by atoms with Gasteiger partial charge in [0.1, 0.15) is 16.9 Å². The molecule has 0 fully saturated rings. The van der Waals surface area contributed by atoms with Gasteiger partial charge in [-0.25, -0.2) is 0 Å². The van der Waals surface area contributed by atoms with Gasteiger partial charge in [-0.3, -0.25) is 0 Å². The first kappa shape index (κ1) is 61.8. The molecule has 0 saturated heterocycles. The van der Waals surface area contributed by atoms with Crippen molar-refractivity contribution < 1.29 is 8.83 Å². The minimum atomic E-state index is -0.159. The van der Waals surface area contributed by atoms with E-state index in [9.17, 15) is 0 Å². The Hall–Kier alpha value is -8.80. The zero-order chi connectivity index (χ0) is 63.7. The molecule has 0 aliphatic heterocycles. The van der Waals surface area contributed by atoms with Crippen molar-refractivity contribution in [1.82, 2.24) is 0 Å². The second kappa shape index (κ2) is 23.3. The van der Waals surface area contributed by atoms with Crippen LogP contribution in [0.5, 0.6) is 0 Å². The Morgan fingerprint density at radius 1 is 0.292 bits per heavy atom. The number of furan rings is 1. The third-order valence-electron chi connectivity index (χ3n) is 17.9. The molecule has 0 amide bonds. The predicted octanol–water partition coefficient (Wildman–Crippen LogP) is 25.3. The maximum atomic E-state index is 7.28. The lowest BCUT2D eigenvalue weighted by molar-refractivity contribution is 0.512.